The second kappa shape index (κ2) is 17.8. The predicted molar refractivity (Wildman–Crippen MR) is 211 cm³/mol. The van der Waals surface area contributed by atoms with Crippen molar-refractivity contribution in [3.63, 3.8) is 0 Å². The van der Waals surface area contributed by atoms with E-state index in [9.17, 15) is 5.11 Å². The van der Waals surface area contributed by atoms with Crippen LogP contribution in [0.15, 0.2) is 36.9 Å². The lowest BCUT2D eigenvalue weighted by Crippen LogP contribution is -2.56. The van der Waals surface area contributed by atoms with E-state index in [1.807, 2.05) is 12.1 Å². The Balaban J connectivity index is 3.91. The van der Waals surface area contributed by atoms with E-state index in [2.05, 4.69) is 129 Å². The first-order valence-corrected chi connectivity index (χ1v) is 26.5. The fourth-order valence-electron chi connectivity index (χ4n) is 6.01. The van der Waals surface area contributed by atoms with Crippen LogP contribution in [0, 0.1) is 0 Å². The Morgan fingerprint density at radius 2 is 1.26 bits per heavy atom. The maximum Gasteiger partial charge on any atom is 0.486 e. The van der Waals surface area contributed by atoms with Gasteiger partial charge in [0.2, 0.25) is 0 Å². The first kappa shape index (κ1) is 44.7. The predicted octanol–water partition coefficient (Wildman–Crippen LogP) is 10.6. The largest absolute Gasteiger partial charge is 0.486 e. The molecule has 1 aliphatic rings. The number of hydrogen-bond donors (Lipinski definition) is 1. The summed E-state index contributed by atoms with van der Waals surface area (Å²) >= 11 is 0. The van der Waals surface area contributed by atoms with Crippen LogP contribution < -0.4 is 0 Å². The molecule has 0 aromatic rings. The highest BCUT2D eigenvalue weighted by Gasteiger charge is 2.51. The second-order valence-electron chi connectivity index (χ2n) is 16.5. The molecule has 1 saturated heterocycles. The minimum absolute atomic E-state index is 0.0255. The lowest BCUT2D eigenvalue weighted by Gasteiger charge is -2.48. The summed E-state index contributed by atoms with van der Waals surface area (Å²) in [5, 5.41) is 10.9. The second-order valence-corrected chi connectivity index (χ2v) is 30.7. The van der Waals surface area contributed by atoms with Crippen molar-refractivity contribution in [1.29, 1.82) is 0 Å². The lowest BCUT2D eigenvalue weighted by molar-refractivity contribution is -0.0247. The molecule has 1 rings (SSSR count). The molecule has 0 spiro atoms. The van der Waals surface area contributed by atoms with Gasteiger partial charge in [-0.15, -0.1) is 6.58 Å². The van der Waals surface area contributed by atoms with Gasteiger partial charge in [0.05, 0.1) is 35.1 Å². The highest BCUT2D eigenvalue weighted by atomic mass is 28.4. The highest BCUT2D eigenvalue weighted by Crippen LogP contribution is 2.42. The van der Waals surface area contributed by atoms with Gasteiger partial charge < -0.3 is 27.7 Å². The van der Waals surface area contributed by atoms with Crippen molar-refractivity contribution in [2.24, 2.45) is 0 Å². The quantitative estimate of drug-likeness (QED) is 0.0945. The Morgan fingerprint density at radius 3 is 1.66 bits per heavy atom. The molecule has 0 saturated carbocycles. The molecule has 1 heterocycles. The van der Waals surface area contributed by atoms with Gasteiger partial charge >= 0.3 is 7.12 Å². The van der Waals surface area contributed by atoms with Crippen molar-refractivity contribution in [3.8, 4) is 0 Å². The molecule has 4 atom stereocenters. The maximum absolute atomic E-state index is 10.9. The van der Waals surface area contributed by atoms with Crippen molar-refractivity contribution in [1.82, 2.24) is 0 Å². The van der Waals surface area contributed by atoms with Gasteiger partial charge in [-0.3, -0.25) is 0 Å². The Hall–Kier alpha value is -0.304. The molecule has 0 radical (unpaired) electrons. The van der Waals surface area contributed by atoms with Crippen molar-refractivity contribution < 1.29 is 27.7 Å². The normalized spacial score (nSPS) is 20.9. The van der Waals surface area contributed by atoms with E-state index in [1.54, 1.807) is 6.08 Å². The minimum Gasteiger partial charge on any atom is -0.411 e. The summed E-state index contributed by atoms with van der Waals surface area (Å²) in [6.45, 7) is 39.5. The van der Waals surface area contributed by atoms with Crippen molar-refractivity contribution in [2.45, 2.75) is 199 Å². The van der Waals surface area contributed by atoms with Gasteiger partial charge in [-0.05, 0) is 95.4 Å². The van der Waals surface area contributed by atoms with Gasteiger partial charge in [-0.2, -0.15) is 0 Å². The molecular formula is C37H75BO6Si3. The molecule has 0 aliphatic carbocycles. The molecule has 10 heteroatoms. The molecule has 1 aliphatic heterocycles. The summed E-state index contributed by atoms with van der Waals surface area (Å²) < 4.78 is 34.9. The monoisotopic (exact) mass is 710 g/mol. The summed E-state index contributed by atoms with van der Waals surface area (Å²) in [6.07, 6.45) is 7.88. The highest BCUT2D eigenvalue weighted by molar-refractivity contribution is 6.74. The van der Waals surface area contributed by atoms with Crippen LogP contribution >= 0.6 is 0 Å². The van der Waals surface area contributed by atoms with Crippen LogP contribution in [0.2, 0.25) is 54.4 Å². The fraction of sp³-hybridized carbons (Fsp3) is 0.838. The topological polar surface area (TPSA) is 66.4 Å². The van der Waals surface area contributed by atoms with E-state index >= 15 is 0 Å². The summed E-state index contributed by atoms with van der Waals surface area (Å²) in [5.41, 5.74) is -1.60. The van der Waals surface area contributed by atoms with Crippen LogP contribution in [0.1, 0.15) is 110 Å². The average molecular weight is 711 g/mol. The van der Waals surface area contributed by atoms with Gasteiger partial charge in [-0.25, -0.2) is 0 Å². The minimum atomic E-state index is -2.20. The van der Waals surface area contributed by atoms with Crippen molar-refractivity contribution in [2.75, 3.05) is 0 Å². The first-order chi connectivity index (χ1) is 21.5. The number of rotatable bonds is 21. The van der Waals surface area contributed by atoms with E-state index in [0.29, 0.717) is 12.8 Å². The van der Waals surface area contributed by atoms with Crippen LogP contribution in [-0.4, -0.2) is 72.3 Å². The third-order valence-electron chi connectivity index (χ3n) is 11.8. The van der Waals surface area contributed by atoms with Gasteiger partial charge in [0.15, 0.2) is 25.0 Å². The SMILES string of the molecule is C=CC[C@@H](O)/C=C/[C@@](C)(O[Si](CC)(CC)CC)[C@@H](C[C@H](/C=C\B1OC(C)(C)C(C)(C)O1)O[Si](C)(C)C(C)(C)C)O[Si](CC)(CC)CC. The lowest BCUT2D eigenvalue weighted by atomic mass is 9.87. The third kappa shape index (κ3) is 11.9. The van der Waals surface area contributed by atoms with E-state index in [0.717, 1.165) is 36.3 Å². The summed E-state index contributed by atoms with van der Waals surface area (Å²) in [7, 11) is -6.90. The molecule has 274 valence electrons. The summed E-state index contributed by atoms with van der Waals surface area (Å²) in [4.78, 5) is 0. The summed E-state index contributed by atoms with van der Waals surface area (Å²) in [6, 6.07) is 6.17. The van der Waals surface area contributed by atoms with E-state index in [1.165, 1.54) is 0 Å². The zero-order valence-electron chi connectivity index (χ0n) is 33.5. The standard InChI is InChI=1S/C37H75BO6Si3/c1-18-25-31(39)26-28-37(15,44-47(22-5,23-6)24-7)33(41-46(19-2,20-3)21-4)30-32(40-45(16,17)34(8,9)10)27-29-38-42-35(11,12)36(13,14)43-38/h18,26-29,31-33,39H,1,19-25,30H2,2-17H3/b28-26+,29-27-/t31-,32+,33-,37-/m1/s1. The van der Waals surface area contributed by atoms with E-state index in [4.69, 9.17) is 22.6 Å². The molecule has 0 bridgehead atoms. The van der Waals surface area contributed by atoms with Crippen LogP contribution in [0.5, 0.6) is 0 Å². The Kier molecular flexibility index (Phi) is 16.9. The van der Waals surface area contributed by atoms with Gasteiger partial charge in [0.1, 0.15) is 0 Å². The van der Waals surface area contributed by atoms with Gasteiger partial charge in [-0.1, -0.05) is 92.6 Å². The van der Waals surface area contributed by atoms with Crippen LogP contribution in [0.3, 0.4) is 0 Å². The van der Waals surface area contributed by atoms with Crippen LogP contribution in [0.4, 0.5) is 0 Å². The average Bonchev–Trinajstić information content (AvgIpc) is 3.20. The van der Waals surface area contributed by atoms with Gasteiger partial charge in [0.25, 0.3) is 0 Å². The van der Waals surface area contributed by atoms with E-state index < -0.39 is 55.0 Å². The Bertz CT molecular complexity index is 984. The first-order valence-electron chi connectivity index (χ1n) is 18.6. The Labute approximate surface area is 295 Å². The molecule has 1 N–H and O–H groups in total. The molecule has 0 aromatic heterocycles. The Morgan fingerprint density at radius 1 is 0.787 bits per heavy atom. The molecule has 6 nitrogen and oxygen atoms in total. The van der Waals surface area contributed by atoms with Gasteiger partial charge in [0, 0.05) is 6.42 Å². The van der Waals surface area contributed by atoms with E-state index in [-0.39, 0.29) is 17.2 Å². The molecule has 0 unspecified atom stereocenters. The molecule has 47 heavy (non-hydrogen) atoms. The van der Waals surface area contributed by atoms with Crippen molar-refractivity contribution in [3.05, 3.63) is 36.9 Å². The third-order valence-corrected chi connectivity index (χ3v) is 25.7. The van der Waals surface area contributed by atoms with Crippen LogP contribution in [0.25, 0.3) is 0 Å². The maximum atomic E-state index is 10.9. The van der Waals surface area contributed by atoms with Crippen molar-refractivity contribution >= 4 is 32.1 Å². The molecule has 1 fully saturated rings. The molecule has 0 amide bonds. The van der Waals surface area contributed by atoms with Crippen LogP contribution in [-0.2, 0) is 22.6 Å². The fourth-order valence-corrected chi connectivity index (χ4v) is 13.3. The smallest absolute Gasteiger partial charge is 0.411 e. The zero-order valence-corrected chi connectivity index (χ0v) is 36.5. The zero-order chi connectivity index (χ0) is 36.5. The number of hydrogen-bond acceptors (Lipinski definition) is 6. The number of aliphatic hydroxyl groups excluding tert-OH is 1. The molecular weight excluding hydrogens is 635 g/mol. The summed E-state index contributed by atoms with van der Waals surface area (Å²) in [5.74, 6) is 2.04. The molecule has 0 aromatic carbocycles. The number of aliphatic hydroxyl groups is 1.